The molecule has 0 saturated heterocycles. The summed E-state index contributed by atoms with van der Waals surface area (Å²) in [6, 6.07) is 17.7. The number of amides is 3. The van der Waals surface area contributed by atoms with Crippen LogP contribution in [0.4, 0.5) is 10.5 Å². The molecule has 3 rings (SSSR count). The largest absolute Gasteiger partial charge is 0.444 e. The van der Waals surface area contributed by atoms with Crippen LogP contribution >= 0.6 is 0 Å². The van der Waals surface area contributed by atoms with Gasteiger partial charge in [0.05, 0.1) is 13.2 Å². The number of nitrogens with one attached hydrogen (secondary N) is 2. The van der Waals surface area contributed by atoms with E-state index in [1.54, 1.807) is 39.0 Å². The maximum atomic E-state index is 13.7. The molecule has 9 nitrogen and oxygen atoms in total. The third kappa shape index (κ3) is 7.53. The molecule has 3 amide bonds. The SMILES string of the molecule is Cc1ccc(C(C(=O)Nc2ccc3ccccc3c2)N(CCO)C(=O)C(CO)NC(=O)OC(C)(C)C)cc1. The zero-order valence-electron chi connectivity index (χ0n) is 22.1. The topological polar surface area (TPSA) is 128 Å². The first kappa shape index (κ1) is 28.6. The van der Waals surface area contributed by atoms with Crippen LogP contribution in [0.1, 0.15) is 37.9 Å². The number of ether oxygens (including phenoxy) is 1. The summed E-state index contributed by atoms with van der Waals surface area (Å²) in [5.41, 5.74) is 1.18. The third-order valence-electron chi connectivity index (χ3n) is 5.77. The van der Waals surface area contributed by atoms with Crippen LogP contribution in [0.5, 0.6) is 0 Å². The van der Waals surface area contributed by atoms with E-state index in [2.05, 4.69) is 10.6 Å². The van der Waals surface area contributed by atoms with E-state index in [0.29, 0.717) is 11.3 Å². The standard InChI is InChI=1S/C29H35N3O6/c1-19-9-11-21(12-10-19)25(26(35)30-23-14-13-20-7-5-6-8-22(20)17-23)32(15-16-33)27(36)24(18-34)31-28(37)38-29(2,3)4/h5-14,17,24-25,33-34H,15-16,18H2,1-4H3,(H,30,35)(H,31,37). The molecular formula is C29H35N3O6. The average molecular weight is 522 g/mol. The minimum Gasteiger partial charge on any atom is -0.444 e. The van der Waals surface area contributed by atoms with Gasteiger partial charge < -0.3 is 30.5 Å². The molecule has 3 aromatic rings. The smallest absolute Gasteiger partial charge is 0.408 e. The van der Waals surface area contributed by atoms with E-state index in [-0.39, 0.29) is 6.54 Å². The van der Waals surface area contributed by atoms with Crippen molar-refractivity contribution in [3.63, 3.8) is 0 Å². The first-order valence-corrected chi connectivity index (χ1v) is 12.4. The van der Waals surface area contributed by atoms with E-state index in [1.165, 1.54) is 0 Å². The quantitative estimate of drug-likeness (QED) is 0.341. The number of aryl methyl sites for hydroxylation is 1. The molecule has 2 unspecified atom stereocenters. The van der Waals surface area contributed by atoms with Gasteiger partial charge in [-0.05, 0) is 56.2 Å². The molecule has 38 heavy (non-hydrogen) atoms. The summed E-state index contributed by atoms with van der Waals surface area (Å²) in [5.74, 6) is -1.26. The van der Waals surface area contributed by atoms with Crippen molar-refractivity contribution in [3.8, 4) is 0 Å². The predicted octanol–water partition coefficient (Wildman–Crippen LogP) is 3.53. The number of nitrogens with zero attached hydrogens (tertiary/aromatic N) is 1. The molecule has 0 aromatic heterocycles. The number of fused-ring (bicyclic) bond motifs is 1. The summed E-state index contributed by atoms with van der Waals surface area (Å²) in [6.07, 6.45) is -0.888. The van der Waals surface area contributed by atoms with Crippen molar-refractivity contribution < 1.29 is 29.3 Å². The Bertz CT molecular complexity index is 1270. The Balaban J connectivity index is 1.95. The van der Waals surface area contributed by atoms with E-state index in [0.717, 1.165) is 21.2 Å². The Hall–Kier alpha value is -3.95. The van der Waals surface area contributed by atoms with Gasteiger partial charge in [-0.2, -0.15) is 0 Å². The number of hydrogen-bond acceptors (Lipinski definition) is 6. The minimum absolute atomic E-state index is 0.213. The maximum absolute atomic E-state index is 13.7. The Labute approximate surface area is 222 Å². The monoisotopic (exact) mass is 521 g/mol. The van der Waals surface area contributed by atoms with E-state index in [1.807, 2.05) is 55.5 Å². The summed E-state index contributed by atoms with van der Waals surface area (Å²) in [7, 11) is 0. The number of aliphatic hydroxyl groups excluding tert-OH is 2. The van der Waals surface area contributed by atoms with Gasteiger partial charge in [0.2, 0.25) is 5.91 Å². The fourth-order valence-electron chi connectivity index (χ4n) is 4.01. The van der Waals surface area contributed by atoms with Gasteiger partial charge in [0.25, 0.3) is 5.91 Å². The van der Waals surface area contributed by atoms with E-state index in [9.17, 15) is 24.6 Å². The third-order valence-corrected chi connectivity index (χ3v) is 5.77. The van der Waals surface area contributed by atoms with Crippen molar-refractivity contribution in [2.24, 2.45) is 0 Å². The highest BCUT2D eigenvalue weighted by Gasteiger charge is 2.36. The van der Waals surface area contributed by atoms with Crippen LogP contribution < -0.4 is 10.6 Å². The van der Waals surface area contributed by atoms with Crippen LogP contribution in [0, 0.1) is 6.92 Å². The first-order valence-electron chi connectivity index (χ1n) is 12.4. The van der Waals surface area contributed by atoms with Crippen molar-refractivity contribution in [1.82, 2.24) is 10.2 Å². The molecule has 0 radical (unpaired) electrons. The lowest BCUT2D eigenvalue weighted by atomic mass is 10.0. The van der Waals surface area contributed by atoms with Crippen LogP contribution in [0.3, 0.4) is 0 Å². The van der Waals surface area contributed by atoms with Gasteiger partial charge in [-0.1, -0.05) is 60.2 Å². The lowest BCUT2D eigenvalue weighted by Crippen LogP contribution is -2.54. The van der Waals surface area contributed by atoms with Crippen molar-refractivity contribution in [2.45, 2.75) is 45.4 Å². The Kier molecular flexibility index (Phi) is 9.44. The minimum atomic E-state index is -1.39. The zero-order chi connectivity index (χ0) is 27.9. The molecule has 3 aromatic carbocycles. The number of benzene rings is 3. The summed E-state index contributed by atoms with van der Waals surface area (Å²) >= 11 is 0. The first-order chi connectivity index (χ1) is 18.0. The number of rotatable bonds is 9. The molecule has 0 heterocycles. The zero-order valence-corrected chi connectivity index (χ0v) is 22.1. The lowest BCUT2D eigenvalue weighted by molar-refractivity contribution is -0.142. The highest BCUT2D eigenvalue weighted by Crippen LogP contribution is 2.26. The van der Waals surface area contributed by atoms with Crippen molar-refractivity contribution in [3.05, 3.63) is 77.9 Å². The maximum Gasteiger partial charge on any atom is 0.408 e. The van der Waals surface area contributed by atoms with Crippen LogP contribution in [0.15, 0.2) is 66.7 Å². The van der Waals surface area contributed by atoms with Crippen molar-refractivity contribution in [1.29, 1.82) is 0 Å². The molecule has 202 valence electrons. The molecule has 0 aliphatic carbocycles. The molecule has 0 saturated carbocycles. The van der Waals surface area contributed by atoms with Gasteiger partial charge in [-0.3, -0.25) is 9.59 Å². The number of alkyl carbamates (subject to hydrolysis) is 1. The van der Waals surface area contributed by atoms with Gasteiger partial charge in [-0.15, -0.1) is 0 Å². The Morgan fingerprint density at radius 1 is 0.947 bits per heavy atom. The van der Waals surface area contributed by atoms with E-state index >= 15 is 0 Å². The predicted molar refractivity (Wildman–Crippen MR) is 146 cm³/mol. The Morgan fingerprint density at radius 2 is 1.61 bits per heavy atom. The van der Waals surface area contributed by atoms with E-state index in [4.69, 9.17) is 4.74 Å². The summed E-state index contributed by atoms with van der Waals surface area (Å²) in [4.78, 5) is 40.8. The van der Waals surface area contributed by atoms with Crippen LogP contribution in [0.2, 0.25) is 0 Å². The summed E-state index contributed by atoms with van der Waals surface area (Å²) < 4.78 is 5.22. The molecule has 4 N–H and O–H groups in total. The van der Waals surface area contributed by atoms with Crippen LogP contribution in [-0.4, -0.2) is 64.4 Å². The lowest BCUT2D eigenvalue weighted by Gasteiger charge is -2.33. The van der Waals surface area contributed by atoms with Gasteiger partial charge in [-0.25, -0.2) is 4.79 Å². The highest BCUT2D eigenvalue weighted by molar-refractivity contribution is 6.00. The van der Waals surface area contributed by atoms with Crippen LogP contribution in [-0.2, 0) is 14.3 Å². The molecule has 0 spiro atoms. The molecule has 0 aliphatic rings. The molecular weight excluding hydrogens is 486 g/mol. The molecule has 0 fully saturated rings. The second-order valence-electron chi connectivity index (χ2n) is 10.0. The summed E-state index contributed by atoms with van der Waals surface area (Å²) in [6.45, 7) is 5.53. The number of carbonyl (C=O) groups is 3. The van der Waals surface area contributed by atoms with Crippen molar-refractivity contribution in [2.75, 3.05) is 25.1 Å². The van der Waals surface area contributed by atoms with Crippen molar-refractivity contribution >= 4 is 34.4 Å². The average Bonchev–Trinajstić information content (AvgIpc) is 2.86. The number of hydrogen-bond donors (Lipinski definition) is 4. The van der Waals surface area contributed by atoms with Gasteiger partial charge in [0.1, 0.15) is 17.7 Å². The fraction of sp³-hybridized carbons (Fsp3) is 0.345. The number of carbonyl (C=O) groups excluding carboxylic acids is 3. The normalized spacial score (nSPS) is 12.9. The molecule has 9 heteroatoms. The number of aliphatic hydroxyl groups is 2. The van der Waals surface area contributed by atoms with Gasteiger partial charge >= 0.3 is 6.09 Å². The fourth-order valence-corrected chi connectivity index (χ4v) is 4.01. The Morgan fingerprint density at radius 3 is 2.21 bits per heavy atom. The van der Waals surface area contributed by atoms with Crippen LogP contribution in [0.25, 0.3) is 10.8 Å². The number of anilines is 1. The second kappa shape index (κ2) is 12.5. The second-order valence-corrected chi connectivity index (χ2v) is 10.0. The molecule has 2 atom stereocenters. The molecule has 0 aliphatic heterocycles. The molecule has 0 bridgehead atoms. The van der Waals surface area contributed by atoms with E-state index < -0.39 is 48.8 Å². The summed E-state index contributed by atoms with van der Waals surface area (Å²) in [5, 5.41) is 26.9. The van der Waals surface area contributed by atoms with Gasteiger partial charge in [0.15, 0.2) is 0 Å². The van der Waals surface area contributed by atoms with Gasteiger partial charge in [0, 0.05) is 12.2 Å². The highest BCUT2D eigenvalue weighted by atomic mass is 16.6.